The number of aromatic amines is 1. The molecule has 0 aliphatic rings. The Labute approximate surface area is 163 Å². The Morgan fingerprint density at radius 3 is 2.68 bits per heavy atom. The fourth-order valence-electron chi connectivity index (χ4n) is 2.41. The van der Waals surface area contributed by atoms with Gasteiger partial charge in [-0.15, -0.1) is 0 Å². The molecule has 3 rings (SSSR count). The second-order valence-electron chi connectivity index (χ2n) is 5.64. The van der Waals surface area contributed by atoms with Gasteiger partial charge in [-0.3, -0.25) is 4.79 Å². The first-order valence-electron chi connectivity index (χ1n) is 8.24. The first kappa shape index (κ1) is 19.1. The standard InChI is InChI=1S/C17H16ClN7O3/c1-2-19-16(27)21-13-7-10(6-11(18)8-13)15(26)20-12-4-3-5-14(9-12)25-17(28)22-23-24-25/h3-9H,2H2,1H3,(H,20,26)(H2,19,21,27)(H,22,24,28). The van der Waals surface area contributed by atoms with Crippen LogP contribution in [0.25, 0.3) is 5.69 Å². The van der Waals surface area contributed by atoms with Crippen molar-refractivity contribution in [2.75, 3.05) is 17.2 Å². The highest BCUT2D eigenvalue weighted by Crippen LogP contribution is 2.21. The molecule has 0 spiro atoms. The molecule has 0 radical (unpaired) electrons. The van der Waals surface area contributed by atoms with Crippen LogP contribution in [-0.2, 0) is 0 Å². The van der Waals surface area contributed by atoms with Crippen molar-refractivity contribution in [3.63, 3.8) is 0 Å². The fraction of sp³-hybridized carbons (Fsp3) is 0.118. The SMILES string of the molecule is CCNC(=O)Nc1cc(Cl)cc(C(=O)Nc2cccc(-n3nn[nH]c3=O)c2)c1. The Kier molecular flexibility index (Phi) is 5.70. The van der Waals surface area contributed by atoms with E-state index in [4.69, 9.17) is 11.6 Å². The number of tetrazole rings is 1. The zero-order valence-corrected chi connectivity index (χ0v) is 15.4. The summed E-state index contributed by atoms with van der Waals surface area (Å²) < 4.78 is 1.06. The largest absolute Gasteiger partial charge is 0.365 e. The summed E-state index contributed by atoms with van der Waals surface area (Å²) in [6.07, 6.45) is 0. The summed E-state index contributed by atoms with van der Waals surface area (Å²) >= 11 is 6.06. The van der Waals surface area contributed by atoms with E-state index in [-0.39, 0.29) is 5.56 Å². The molecule has 11 heteroatoms. The number of anilines is 2. The van der Waals surface area contributed by atoms with Gasteiger partial charge in [-0.05, 0) is 53.7 Å². The van der Waals surface area contributed by atoms with Crippen LogP contribution in [0.1, 0.15) is 17.3 Å². The molecule has 3 amide bonds. The predicted octanol–water partition coefficient (Wildman–Crippen LogP) is 2.00. The number of amides is 3. The van der Waals surface area contributed by atoms with E-state index in [0.717, 1.165) is 4.68 Å². The van der Waals surface area contributed by atoms with Crippen LogP contribution in [-0.4, -0.2) is 38.7 Å². The molecule has 144 valence electrons. The molecular weight excluding hydrogens is 386 g/mol. The highest BCUT2D eigenvalue weighted by atomic mass is 35.5. The lowest BCUT2D eigenvalue weighted by atomic mass is 10.1. The number of hydrogen-bond donors (Lipinski definition) is 4. The third-order valence-corrected chi connectivity index (χ3v) is 3.79. The third-order valence-electron chi connectivity index (χ3n) is 3.58. The summed E-state index contributed by atoms with van der Waals surface area (Å²) in [6.45, 7) is 2.25. The number of halogens is 1. The molecule has 0 saturated heterocycles. The summed E-state index contributed by atoms with van der Waals surface area (Å²) in [5.41, 5.74) is 1.01. The van der Waals surface area contributed by atoms with Gasteiger partial charge in [0.05, 0.1) is 5.69 Å². The van der Waals surface area contributed by atoms with Crippen LogP contribution in [0.3, 0.4) is 0 Å². The Hall–Kier alpha value is -3.66. The van der Waals surface area contributed by atoms with E-state index in [1.54, 1.807) is 31.2 Å². The van der Waals surface area contributed by atoms with Gasteiger partial charge < -0.3 is 16.0 Å². The molecule has 2 aromatic carbocycles. The monoisotopic (exact) mass is 401 g/mol. The number of benzene rings is 2. The normalized spacial score (nSPS) is 10.4. The van der Waals surface area contributed by atoms with Gasteiger partial charge in [0.25, 0.3) is 5.91 Å². The van der Waals surface area contributed by atoms with E-state index in [9.17, 15) is 14.4 Å². The quantitative estimate of drug-likeness (QED) is 0.518. The van der Waals surface area contributed by atoms with Gasteiger partial charge in [-0.1, -0.05) is 17.7 Å². The van der Waals surface area contributed by atoms with E-state index in [1.807, 2.05) is 0 Å². The van der Waals surface area contributed by atoms with Gasteiger partial charge in [0, 0.05) is 28.5 Å². The van der Waals surface area contributed by atoms with Crippen molar-refractivity contribution in [3.8, 4) is 5.69 Å². The molecule has 3 aromatic rings. The molecule has 0 aliphatic carbocycles. The molecule has 1 aromatic heterocycles. The Bertz CT molecular complexity index is 1080. The third kappa shape index (κ3) is 4.54. The molecule has 0 bridgehead atoms. The second kappa shape index (κ2) is 8.35. The molecule has 0 aliphatic heterocycles. The maximum absolute atomic E-state index is 12.6. The number of nitrogens with zero attached hydrogens (tertiary/aromatic N) is 3. The average molecular weight is 402 g/mol. The number of hydrogen-bond acceptors (Lipinski definition) is 5. The van der Waals surface area contributed by atoms with Crippen LogP contribution in [0.5, 0.6) is 0 Å². The number of H-pyrrole nitrogens is 1. The van der Waals surface area contributed by atoms with Gasteiger partial charge in [0.15, 0.2) is 0 Å². The van der Waals surface area contributed by atoms with Crippen molar-refractivity contribution in [1.82, 2.24) is 25.5 Å². The Morgan fingerprint density at radius 2 is 1.96 bits per heavy atom. The average Bonchev–Trinajstić information content (AvgIpc) is 3.07. The summed E-state index contributed by atoms with van der Waals surface area (Å²) in [5.74, 6) is -0.439. The van der Waals surface area contributed by atoms with Crippen molar-refractivity contribution in [2.45, 2.75) is 6.92 Å². The van der Waals surface area contributed by atoms with E-state index in [2.05, 4.69) is 31.5 Å². The van der Waals surface area contributed by atoms with Crippen LogP contribution in [0, 0.1) is 0 Å². The molecule has 10 nitrogen and oxygen atoms in total. The lowest BCUT2D eigenvalue weighted by molar-refractivity contribution is 0.102. The first-order valence-corrected chi connectivity index (χ1v) is 8.61. The summed E-state index contributed by atoms with van der Waals surface area (Å²) in [7, 11) is 0. The van der Waals surface area contributed by atoms with Crippen LogP contribution in [0.4, 0.5) is 16.2 Å². The molecule has 0 unspecified atom stereocenters. The van der Waals surface area contributed by atoms with Crippen molar-refractivity contribution < 1.29 is 9.59 Å². The van der Waals surface area contributed by atoms with Gasteiger partial charge >= 0.3 is 11.7 Å². The Balaban J connectivity index is 1.80. The first-order chi connectivity index (χ1) is 13.5. The predicted molar refractivity (Wildman–Crippen MR) is 104 cm³/mol. The number of nitrogens with one attached hydrogen (secondary N) is 4. The van der Waals surface area contributed by atoms with E-state index in [0.29, 0.717) is 28.6 Å². The molecule has 28 heavy (non-hydrogen) atoms. The lowest BCUT2D eigenvalue weighted by Gasteiger charge is -2.10. The number of carbonyl (C=O) groups excluding carboxylic acids is 2. The van der Waals surface area contributed by atoms with Gasteiger partial charge in [-0.25, -0.2) is 14.7 Å². The summed E-state index contributed by atoms with van der Waals surface area (Å²) in [6, 6.07) is 10.6. The molecule has 0 atom stereocenters. The van der Waals surface area contributed by atoms with Crippen molar-refractivity contribution in [3.05, 3.63) is 63.5 Å². The van der Waals surface area contributed by atoms with Gasteiger partial charge in [0.1, 0.15) is 0 Å². The topological polar surface area (TPSA) is 134 Å². The van der Waals surface area contributed by atoms with E-state index in [1.165, 1.54) is 18.2 Å². The number of rotatable bonds is 5. The van der Waals surface area contributed by atoms with Crippen LogP contribution in [0.15, 0.2) is 47.3 Å². The van der Waals surface area contributed by atoms with Crippen LogP contribution >= 0.6 is 11.6 Å². The molecule has 0 saturated carbocycles. The van der Waals surface area contributed by atoms with Gasteiger partial charge in [-0.2, -0.15) is 4.68 Å². The second-order valence-corrected chi connectivity index (χ2v) is 6.07. The Morgan fingerprint density at radius 1 is 1.14 bits per heavy atom. The summed E-state index contributed by atoms with van der Waals surface area (Å²) in [4.78, 5) is 35.9. The minimum Gasteiger partial charge on any atom is -0.338 e. The van der Waals surface area contributed by atoms with Crippen LogP contribution in [0.2, 0.25) is 5.02 Å². The fourth-order valence-corrected chi connectivity index (χ4v) is 2.65. The van der Waals surface area contributed by atoms with Gasteiger partial charge in [0.2, 0.25) is 0 Å². The van der Waals surface area contributed by atoms with Crippen LogP contribution < -0.4 is 21.6 Å². The maximum atomic E-state index is 12.6. The minimum absolute atomic E-state index is 0.253. The number of carbonyl (C=O) groups is 2. The van der Waals surface area contributed by atoms with E-state index < -0.39 is 17.6 Å². The maximum Gasteiger partial charge on any atom is 0.365 e. The van der Waals surface area contributed by atoms with E-state index >= 15 is 0 Å². The number of aromatic nitrogens is 4. The van der Waals surface area contributed by atoms with Crippen molar-refractivity contribution in [2.24, 2.45) is 0 Å². The molecule has 4 N–H and O–H groups in total. The number of urea groups is 1. The molecule has 0 fully saturated rings. The zero-order chi connectivity index (χ0) is 20.1. The highest BCUT2D eigenvalue weighted by Gasteiger charge is 2.11. The lowest BCUT2D eigenvalue weighted by Crippen LogP contribution is -2.28. The zero-order valence-electron chi connectivity index (χ0n) is 14.7. The summed E-state index contributed by atoms with van der Waals surface area (Å²) in [5, 5.41) is 17.5. The molecular formula is C17H16ClN7O3. The minimum atomic E-state index is -0.501. The highest BCUT2D eigenvalue weighted by molar-refractivity contribution is 6.31. The molecule has 1 heterocycles. The smallest absolute Gasteiger partial charge is 0.338 e. The van der Waals surface area contributed by atoms with Crippen molar-refractivity contribution in [1.29, 1.82) is 0 Å². The van der Waals surface area contributed by atoms with Crippen molar-refractivity contribution >= 4 is 34.9 Å².